The van der Waals surface area contributed by atoms with Crippen molar-refractivity contribution < 1.29 is 9.15 Å². The van der Waals surface area contributed by atoms with E-state index < -0.39 is 0 Å². The Morgan fingerprint density at radius 2 is 1.79 bits per heavy atom. The van der Waals surface area contributed by atoms with Crippen molar-refractivity contribution in [3.05, 3.63) is 42.5 Å². The molecule has 0 spiro atoms. The number of rotatable bonds is 1. The molecule has 92 valence electrons. The molecule has 4 aromatic rings. The van der Waals surface area contributed by atoms with E-state index in [1.54, 1.807) is 7.11 Å². The molecular weight excluding hydrogens is 240 g/mol. The summed E-state index contributed by atoms with van der Waals surface area (Å²) in [7, 11) is 1.63. The van der Waals surface area contributed by atoms with Gasteiger partial charge in [-0.2, -0.15) is 0 Å². The monoisotopic (exact) mass is 250 g/mol. The number of furan rings is 1. The van der Waals surface area contributed by atoms with Crippen LogP contribution in [0.5, 0.6) is 5.75 Å². The molecule has 0 amide bonds. The third-order valence-corrected chi connectivity index (χ3v) is 3.19. The van der Waals surface area contributed by atoms with Gasteiger partial charge in [-0.05, 0) is 24.3 Å². The summed E-state index contributed by atoms with van der Waals surface area (Å²) in [6.45, 7) is 0. The zero-order valence-electron chi connectivity index (χ0n) is 10.3. The molecule has 0 unspecified atom stereocenters. The molecule has 0 saturated heterocycles. The number of hydrogen-bond acceptors (Lipinski definition) is 4. The zero-order valence-corrected chi connectivity index (χ0v) is 10.3. The molecule has 0 aliphatic rings. The SMILES string of the molecule is COc1ccc2c(c1)oc1nc3ccccc3nc12. The number of methoxy groups -OCH3 is 1. The van der Waals surface area contributed by atoms with Crippen molar-refractivity contribution in [2.45, 2.75) is 0 Å². The van der Waals surface area contributed by atoms with E-state index in [0.717, 1.165) is 33.3 Å². The summed E-state index contributed by atoms with van der Waals surface area (Å²) in [5.74, 6) is 0.760. The highest BCUT2D eigenvalue weighted by Crippen LogP contribution is 2.30. The summed E-state index contributed by atoms with van der Waals surface area (Å²) >= 11 is 0. The van der Waals surface area contributed by atoms with Crippen molar-refractivity contribution in [1.82, 2.24) is 9.97 Å². The Morgan fingerprint density at radius 3 is 2.58 bits per heavy atom. The highest BCUT2D eigenvalue weighted by atomic mass is 16.5. The Balaban J connectivity index is 2.15. The number of ether oxygens (including phenoxy) is 1. The molecule has 0 saturated carbocycles. The van der Waals surface area contributed by atoms with Crippen LogP contribution in [0.4, 0.5) is 0 Å². The fourth-order valence-corrected chi connectivity index (χ4v) is 2.24. The van der Waals surface area contributed by atoms with Gasteiger partial charge in [0.1, 0.15) is 16.8 Å². The van der Waals surface area contributed by atoms with Crippen molar-refractivity contribution in [3.8, 4) is 5.75 Å². The van der Waals surface area contributed by atoms with Gasteiger partial charge >= 0.3 is 0 Å². The molecule has 4 heteroatoms. The molecule has 0 aliphatic heterocycles. The smallest absolute Gasteiger partial charge is 0.246 e. The van der Waals surface area contributed by atoms with E-state index in [2.05, 4.69) is 9.97 Å². The van der Waals surface area contributed by atoms with Crippen LogP contribution in [0.25, 0.3) is 33.2 Å². The molecule has 2 aromatic carbocycles. The molecule has 4 rings (SSSR count). The fourth-order valence-electron chi connectivity index (χ4n) is 2.24. The van der Waals surface area contributed by atoms with Gasteiger partial charge < -0.3 is 9.15 Å². The van der Waals surface area contributed by atoms with Gasteiger partial charge in [0, 0.05) is 11.5 Å². The predicted molar refractivity (Wildman–Crippen MR) is 73.4 cm³/mol. The first kappa shape index (κ1) is 10.3. The van der Waals surface area contributed by atoms with Crippen molar-refractivity contribution in [2.75, 3.05) is 7.11 Å². The largest absolute Gasteiger partial charge is 0.497 e. The molecule has 0 atom stereocenters. The third kappa shape index (κ3) is 1.46. The highest BCUT2D eigenvalue weighted by Gasteiger charge is 2.11. The van der Waals surface area contributed by atoms with Crippen molar-refractivity contribution >= 4 is 33.2 Å². The Labute approximate surface area is 108 Å². The summed E-state index contributed by atoms with van der Waals surface area (Å²) < 4.78 is 10.9. The number of fused-ring (bicyclic) bond motifs is 4. The van der Waals surface area contributed by atoms with Crippen LogP contribution in [0.2, 0.25) is 0 Å². The predicted octanol–water partition coefficient (Wildman–Crippen LogP) is 3.54. The number of hydrogen-bond donors (Lipinski definition) is 0. The van der Waals surface area contributed by atoms with Gasteiger partial charge in [0.05, 0.1) is 18.1 Å². The van der Waals surface area contributed by atoms with E-state index in [0.29, 0.717) is 5.71 Å². The Kier molecular flexibility index (Phi) is 2.00. The van der Waals surface area contributed by atoms with Gasteiger partial charge in [-0.3, -0.25) is 0 Å². The maximum Gasteiger partial charge on any atom is 0.246 e. The average Bonchev–Trinajstić information content (AvgIpc) is 2.81. The zero-order chi connectivity index (χ0) is 12.8. The molecule has 2 heterocycles. The van der Waals surface area contributed by atoms with Crippen LogP contribution in [-0.4, -0.2) is 17.1 Å². The van der Waals surface area contributed by atoms with E-state index >= 15 is 0 Å². The summed E-state index contributed by atoms with van der Waals surface area (Å²) in [5.41, 5.74) is 3.79. The number of nitrogens with zero attached hydrogens (tertiary/aromatic N) is 2. The lowest BCUT2D eigenvalue weighted by molar-refractivity contribution is 0.414. The van der Waals surface area contributed by atoms with Crippen LogP contribution in [-0.2, 0) is 0 Å². The van der Waals surface area contributed by atoms with E-state index in [-0.39, 0.29) is 0 Å². The quantitative estimate of drug-likeness (QED) is 0.518. The minimum absolute atomic E-state index is 0.557. The summed E-state index contributed by atoms with van der Waals surface area (Å²) in [6, 6.07) is 13.5. The molecule has 0 bridgehead atoms. The number of benzene rings is 2. The maximum absolute atomic E-state index is 5.75. The molecule has 0 aliphatic carbocycles. The average molecular weight is 250 g/mol. The van der Waals surface area contributed by atoms with Gasteiger partial charge in [0.25, 0.3) is 0 Å². The second kappa shape index (κ2) is 3.68. The number of aromatic nitrogens is 2. The third-order valence-electron chi connectivity index (χ3n) is 3.19. The van der Waals surface area contributed by atoms with Crippen LogP contribution >= 0.6 is 0 Å². The highest BCUT2D eigenvalue weighted by molar-refractivity contribution is 6.03. The summed E-state index contributed by atoms with van der Waals surface area (Å²) in [4.78, 5) is 9.12. The fraction of sp³-hybridized carbons (Fsp3) is 0.0667. The first-order valence-corrected chi connectivity index (χ1v) is 5.98. The van der Waals surface area contributed by atoms with Crippen molar-refractivity contribution in [3.63, 3.8) is 0 Å². The van der Waals surface area contributed by atoms with Gasteiger partial charge in [0.2, 0.25) is 5.71 Å². The minimum Gasteiger partial charge on any atom is -0.497 e. The molecule has 19 heavy (non-hydrogen) atoms. The standard InChI is InChI=1S/C15H10N2O2/c1-18-9-6-7-10-13(8-9)19-15-14(10)16-11-4-2-3-5-12(11)17-15/h2-8H,1H3. The number of para-hydroxylation sites is 2. The molecule has 0 radical (unpaired) electrons. The topological polar surface area (TPSA) is 48.2 Å². The summed E-state index contributed by atoms with van der Waals surface area (Å²) in [6.07, 6.45) is 0. The van der Waals surface area contributed by atoms with E-state index in [1.807, 2.05) is 42.5 Å². The molecule has 4 nitrogen and oxygen atoms in total. The first-order valence-electron chi connectivity index (χ1n) is 5.98. The van der Waals surface area contributed by atoms with Gasteiger partial charge in [-0.1, -0.05) is 12.1 Å². The molecule has 0 fully saturated rings. The van der Waals surface area contributed by atoms with Crippen LogP contribution < -0.4 is 4.74 Å². The van der Waals surface area contributed by atoms with E-state index in [4.69, 9.17) is 9.15 Å². The lowest BCUT2D eigenvalue weighted by atomic mass is 10.2. The Hall–Kier alpha value is -2.62. The normalized spacial score (nSPS) is 11.4. The Bertz CT molecular complexity index is 912. The van der Waals surface area contributed by atoms with E-state index in [1.165, 1.54) is 0 Å². The molecule has 0 N–H and O–H groups in total. The Morgan fingerprint density at radius 1 is 1.00 bits per heavy atom. The van der Waals surface area contributed by atoms with Crippen molar-refractivity contribution in [2.24, 2.45) is 0 Å². The minimum atomic E-state index is 0.557. The molecule has 2 aromatic heterocycles. The van der Waals surface area contributed by atoms with Gasteiger partial charge in [-0.25, -0.2) is 9.97 Å². The van der Waals surface area contributed by atoms with Gasteiger partial charge in [0.15, 0.2) is 0 Å². The second-order valence-corrected chi connectivity index (χ2v) is 4.33. The van der Waals surface area contributed by atoms with Crippen LogP contribution in [0, 0.1) is 0 Å². The first-order chi connectivity index (χ1) is 9.35. The lowest BCUT2D eigenvalue weighted by Gasteiger charge is -1.97. The maximum atomic E-state index is 5.75. The summed E-state index contributed by atoms with van der Waals surface area (Å²) in [5, 5.41) is 0.953. The van der Waals surface area contributed by atoms with E-state index in [9.17, 15) is 0 Å². The van der Waals surface area contributed by atoms with Crippen molar-refractivity contribution in [1.29, 1.82) is 0 Å². The van der Waals surface area contributed by atoms with Crippen LogP contribution in [0.3, 0.4) is 0 Å². The van der Waals surface area contributed by atoms with Crippen LogP contribution in [0.1, 0.15) is 0 Å². The van der Waals surface area contributed by atoms with Gasteiger partial charge in [-0.15, -0.1) is 0 Å². The second-order valence-electron chi connectivity index (χ2n) is 4.33. The molecular formula is C15H10N2O2. The lowest BCUT2D eigenvalue weighted by Crippen LogP contribution is -1.83. The van der Waals surface area contributed by atoms with Crippen LogP contribution in [0.15, 0.2) is 46.9 Å².